The Bertz CT molecular complexity index is 549. The van der Waals surface area contributed by atoms with Gasteiger partial charge in [-0.2, -0.15) is 0 Å². The number of carbonyl (C=O) groups excluding carboxylic acids is 1. The molecule has 1 heterocycles. The molecule has 0 saturated carbocycles. The molecule has 2 aromatic rings. The lowest BCUT2D eigenvalue weighted by atomic mass is 9.97. The molecular weight excluding hydrogens is 260 g/mol. The van der Waals surface area contributed by atoms with Gasteiger partial charge in [-0.1, -0.05) is 36.8 Å². The van der Waals surface area contributed by atoms with Crippen molar-refractivity contribution in [3.05, 3.63) is 24.3 Å². The Kier molecular flexibility index (Phi) is 4.04. The number of esters is 1. The molecule has 4 nitrogen and oxygen atoms in total. The van der Waals surface area contributed by atoms with Gasteiger partial charge in [-0.15, -0.1) is 0 Å². The largest absolute Gasteiger partial charge is 0.467 e. The Morgan fingerprint density at radius 1 is 1.47 bits per heavy atom. The number of benzene rings is 1. The number of para-hydroxylation sites is 1. The molecule has 1 atom stereocenters. The molecule has 0 spiro atoms. The molecule has 0 amide bonds. The van der Waals surface area contributed by atoms with Gasteiger partial charge < -0.3 is 10.1 Å². The van der Waals surface area contributed by atoms with E-state index in [2.05, 4.69) is 10.3 Å². The third kappa shape index (κ3) is 2.87. The lowest BCUT2D eigenvalue weighted by molar-refractivity contribution is -0.145. The maximum atomic E-state index is 11.9. The predicted molar refractivity (Wildman–Crippen MR) is 78.6 cm³/mol. The Labute approximate surface area is 116 Å². The van der Waals surface area contributed by atoms with Crippen LogP contribution in [0.1, 0.15) is 26.7 Å². The quantitative estimate of drug-likeness (QED) is 0.851. The first-order valence-corrected chi connectivity index (χ1v) is 7.13. The van der Waals surface area contributed by atoms with Gasteiger partial charge in [0.05, 0.1) is 17.3 Å². The fourth-order valence-electron chi connectivity index (χ4n) is 2.10. The van der Waals surface area contributed by atoms with Crippen LogP contribution in [0.25, 0.3) is 10.2 Å². The lowest BCUT2D eigenvalue weighted by Crippen LogP contribution is -2.44. The number of nitrogens with one attached hydrogen (secondary N) is 1. The molecule has 0 aliphatic carbocycles. The smallest absolute Gasteiger partial charge is 0.331 e. The van der Waals surface area contributed by atoms with Crippen LogP contribution >= 0.6 is 11.3 Å². The molecule has 102 valence electrons. The second-order valence-corrected chi connectivity index (χ2v) is 5.72. The summed E-state index contributed by atoms with van der Waals surface area (Å²) in [5.41, 5.74) is 0.218. The fraction of sp³-hybridized carbons (Fsp3) is 0.429. The maximum absolute atomic E-state index is 11.9. The molecular formula is C14H18N2O2S. The highest BCUT2D eigenvalue weighted by Crippen LogP contribution is 2.29. The minimum atomic E-state index is -0.725. The van der Waals surface area contributed by atoms with Gasteiger partial charge in [0.15, 0.2) is 5.13 Å². The number of thiazole rings is 1. The van der Waals surface area contributed by atoms with E-state index < -0.39 is 5.54 Å². The van der Waals surface area contributed by atoms with Crippen LogP contribution in [0, 0.1) is 0 Å². The average Bonchev–Trinajstić information content (AvgIpc) is 2.79. The van der Waals surface area contributed by atoms with E-state index in [0.29, 0.717) is 6.42 Å². The number of hydrogen-bond acceptors (Lipinski definition) is 5. The van der Waals surface area contributed by atoms with Crippen molar-refractivity contribution in [2.75, 3.05) is 12.4 Å². The second kappa shape index (κ2) is 5.57. The minimum Gasteiger partial charge on any atom is -0.467 e. The first-order chi connectivity index (χ1) is 9.09. The van der Waals surface area contributed by atoms with Gasteiger partial charge in [-0.25, -0.2) is 9.78 Å². The van der Waals surface area contributed by atoms with Gasteiger partial charge in [0, 0.05) is 0 Å². The standard InChI is InChI=1S/C14H18N2O2S/c1-4-9-14(2,12(17)18-3)16-13-15-10-7-5-6-8-11(10)19-13/h5-8H,4,9H2,1-3H3,(H,15,16). The number of nitrogens with zero attached hydrogens (tertiary/aromatic N) is 1. The molecule has 1 N–H and O–H groups in total. The van der Waals surface area contributed by atoms with E-state index in [1.807, 2.05) is 38.1 Å². The number of carbonyl (C=O) groups is 1. The van der Waals surface area contributed by atoms with Crippen LogP contribution in [0.4, 0.5) is 5.13 Å². The van der Waals surface area contributed by atoms with E-state index in [1.165, 1.54) is 7.11 Å². The molecule has 1 aromatic heterocycles. The van der Waals surface area contributed by atoms with E-state index in [-0.39, 0.29) is 5.97 Å². The average molecular weight is 278 g/mol. The van der Waals surface area contributed by atoms with Gasteiger partial charge in [-0.3, -0.25) is 0 Å². The number of hydrogen-bond donors (Lipinski definition) is 1. The molecule has 0 aliphatic rings. The van der Waals surface area contributed by atoms with Crippen molar-refractivity contribution in [2.24, 2.45) is 0 Å². The minimum absolute atomic E-state index is 0.256. The van der Waals surface area contributed by atoms with E-state index >= 15 is 0 Å². The van der Waals surface area contributed by atoms with Crippen LogP contribution in [0.2, 0.25) is 0 Å². The zero-order valence-electron chi connectivity index (χ0n) is 11.4. The molecule has 0 radical (unpaired) electrons. The highest BCUT2D eigenvalue weighted by Gasteiger charge is 2.34. The SMILES string of the molecule is CCCC(C)(Nc1nc2ccccc2s1)C(=O)OC. The highest BCUT2D eigenvalue weighted by atomic mass is 32.1. The molecule has 2 rings (SSSR count). The maximum Gasteiger partial charge on any atom is 0.331 e. The number of ether oxygens (including phenoxy) is 1. The van der Waals surface area contributed by atoms with E-state index in [1.54, 1.807) is 11.3 Å². The topological polar surface area (TPSA) is 51.2 Å². The Morgan fingerprint density at radius 3 is 2.84 bits per heavy atom. The summed E-state index contributed by atoms with van der Waals surface area (Å²) in [5.74, 6) is -0.256. The van der Waals surface area contributed by atoms with E-state index in [0.717, 1.165) is 21.8 Å². The number of fused-ring (bicyclic) bond motifs is 1. The Balaban J connectivity index is 2.28. The summed E-state index contributed by atoms with van der Waals surface area (Å²) in [6, 6.07) is 7.92. The van der Waals surface area contributed by atoms with Crippen LogP contribution in [-0.4, -0.2) is 23.6 Å². The molecule has 0 saturated heterocycles. The van der Waals surface area contributed by atoms with Gasteiger partial charge in [0.1, 0.15) is 5.54 Å². The first kappa shape index (κ1) is 13.8. The van der Waals surface area contributed by atoms with Crippen LogP contribution in [-0.2, 0) is 9.53 Å². The Hall–Kier alpha value is -1.62. The summed E-state index contributed by atoms with van der Waals surface area (Å²) in [7, 11) is 1.41. The molecule has 1 unspecified atom stereocenters. The normalized spacial score (nSPS) is 14.1. The Morgan fingerprint density at radius 2 is 2.21 bits per heavy atom. The molecule has 0 bridgehead atoms. The van der Waals surface area contributed by atoms with Crippen molar-refractivity contribution in [3.63, 3.8) is 0 Å². The summed E-state index contributed by atoms with van der Waals surface area (Å²) in [5, 5.41) is 3.98. The van der Waals surface area contributed by atoms with Crippen molar-refractivity contribution >= 4 is 32.7 Å². The van der Waals surface area contributed by atoms with Crippen molar-refractivity contribution in [2.45, 2.75) is 32.2 Å². The van der Waals surface area contributed by atoms with Crippen LogP contribution in [0.3, 0.4) is 0 Å². The summed E-state index contributed by atoms with van der Waals surface area (Å²) in [6.45, 7) is 3.90. The van der Waals surface area contributed by atoms with E-state index in [9.17, 15) is 4.79 Å². The monoisotopic (exact) mass is 278 g/mol. The molecule has 0 aliphatic heterocycles. The third-order valence-corrected chi connectivity index (χ3v) is 4.01. The third-order valence-electron chi connectivity index (χ3n) is 3.06. The number of aromatic nitrogens is 1. The van der Waals surface area contributed by atoms with Crippen molar-refractivity contribution in [1.82, 2.24) is 4.98 Å². The van der Waals surface area contributed by atoms with E-state index in [4.69, 9.17) is 4.74 Å². The van der Waals surface area contributed by atoms with Gasteiger partial charge in [-0.05, 0) is 25.5 Å². The van der Waals surface area contributed by atoms with Gasteiger partial charge in [0.2, 0.25) is 0 Å². The van der Waals surface area contributed by atoms with Crippen LogP contribution in [0.5, 0.6) is 0 Å². The molecule has 5 heteroatoms. The van der Waals surface area contributed by atoms with Gasteiger partial charge >= 0.3 is 5.97 Å². The second-order valence-electron chi connectivity index (χ2n) is 4.69. The van der Waals surface area contributed by atoms with Crippen LogP contribution in [0.15, 0.2) is 24.3 Å². The number of anilines is 1. The number of methoxy groups -OCH3 is 1. The van der Waals surface area contributed by atoms with Crippen molar-refractivity contribution < 1.29 is 9.53 Å². The predicted octanol–water partition coefficient (Wildman–Crippen LogP) is 3.44. The molecule has 19 heavy (non-hydrogen) atoms. The van der Waals surface area contributed by atoms with Gasteiger partial charge in [0.25, 0.3) is 0 Å². The first-order valence-electron chi connectivity index (χ1n) is 6.31. The molecule has 0 fully saturated rings. The zero-order valence-corrected chi connectivity index (χ0v) is 12.2. The fourth-order valence-corrected chi connectivity index (χ4v) is 3.10. The molecule has 1 aromatic carbocycles. The summed E-state index contributed by atoms with van der Waals surface area (Å²) >= 11 is 1.55. The highest BCUT2D eigenvalue weighted by molar-refractivity contribution is 7.22. The summed E-state index contributed by atoms with van der Waals surface area (Å²) in [4.78, 5) is 16.4. The summed E-state index contributed by atoms with van der Waals surface area (Å²) < 4.78 is 5.99. The van der Waals surface area contributed by atoms with Crippen LogP contribution < -0.4 is 5.32 Å². The lowest BCUT2D eigenvalue weighted by Gasteiger charge is -2.27. The number of rotatable bonds is 5. The van der Waals surface area contributed by atoms with Crippen molar-refractivity contribution in [3.8, 4) is 0 Å². The summed E-state index contributed by atoms with van der Waals surface area (Å²) in [6.07, 6.45) is 1.60. The zero-order chi connectivity index (χ0) is 13.9. The van der Waals surface area contributed by atoms with Crippen molar-refractivity contribution in [1.29, 1.82) is 0 Å².